The van der Waals surface area contributed by atoms with E-state index in [9.17, 15) is 4.79 Å². The van der Waals surface area contributed by atoms with Gasteiger partial charge in [0.2, 0.25) is 5.91 Å². The summed E-state index contributed by atoms with van der Waals surface area (Å²) in [6, 6.07) is 13.8. The fourth-order valence-corrected chi connectivity index (χ4v) is 2.82. The predicted molar refractivity (Wildman–Crippen MR) is 88.2 cm³/mol. The zero-order valence-electron chi connectivity index (χ0n) is 12.8. The maximum absolute atomic E-state index is 12.1. The maximum Gasteiger partial charge on any atom is 0.225 e. The summed E-state index contributed by atoms with van der Waals surface area (Å²) in [4.78, 5) is 18.1. The molecule has 1 aliphatic rings. The second-order valence-corrected chi connectivity index (χ2v) is 5.75. The van der Waals surface area contributed by atoms with Gasteiger partial charge in [-0.15, -0.1) is 0 Å². The number of anilines is 1. The molecule has 1 aliphatic heterocycles. The average Bonchev–Trinajstić information content (AvgIpc) is 3.04. The van der Waals surface area contributed by atoms with Gasteiger partial charge in [-0.25, -0.2) is 4.98 Å². The second-order valence-electron chi connectivity index (χ2n) is 5.75. The van der Waals surface area contributed by atoms with Gasteiger partial charge in [0.25, 0.3) is 0 Å². The Kier molecular flexibility index (Phi) is 4.53. The molecule has 3 rings (SSSR count). The molecule has 2 aromatic rings. The standard InChI is InChI=1S/C18H18N4O/c19-13-22-9-8-14(12-22)10-18(23)21-17-7-6-16(11-20-17)15-4-2-1-3-5-15/h1-7,11,14H,8-10,12H2,(H,20,21,23). The van der Waals surface area contributed by atoms with Crippen LogP contribution in [-0.2, 0) is 4.79 Å². The van der Waals surface area contributed by atoms with Crippen molar-refractivity contribution in [2.45, 2.75) is 12.8 Å². The highest BCUT2D eigenvalue weighted by Gasteiger charge is 2.23. The number of rotatable bonds is 4. The van der Waals surface area contributed by atoms with E-state index in [1.165, 1.54) is 0 Å². The summed E-state index contributed by atoms with van der Waals surface area (Å²) in [7, 11) is 0. The molecule has 1 aromatic heterocycles. The lowest BCUT2D eigenvalue weighted by molar-refractivity contribution is -0.117. The van der Waals surface area contributed by atoms with Crippen LogP contribution in [-0.4, -0.2) is 28.9 Å². The average molecular weight is 306 g/mol. The van der Waals surface area contributed by atoms with Crippen LogP contribution in [0.5, 0.6) is 0 Å². The van der Waals surface area contributed by atoms with Crippen molar-refractivity contribution in [1.82, 2.24) is 9.88 Å². The Balaban J connectivity index is 1.56. The van der Waals surface area contributed by atoms with Crippen molar-refractivity contribution in [3.05, 3.63) is 48.7 Å². The molecule has 0 spiro atoms. The molecule has 116 valence electrons. The van der Waals surface area contributed by atoms with Gasteiger partial charge in [0.05, 0.1) is 0 Å². The van der Waals surface area contributed by atoms with Gasteiger partial charge >= 0.3 is 0 Å². The van der Waals surface area contributed by atoms with Gasteiger partial charge in [0.15, 0.2) is 6.19 Å². The minimum absolute atomic E-state index is 0.0465. The number of pyridine rings is 1. The fourth-order valence-electron chi connectivity index (χ4n) is 2.82. The van der Waals surface area contributed by atoms with Crippen LogP contribution in [0.15, 0.2) is 48.7 Å². The van der Waals surface area contributed by atoms with Crippen LogP contribution in [0.3, 0.4) is 0 Å². The highest BCUT2D eigenvalue weighted by atomic mass is 16.1. The van der Waals surface area contributed by atoms with E-state index in [4.69, 9.17) is 5.26 Å². The van der Waals surface area contributed by atoms with E-state index in [1.807, 2.05) is 42.5 Å². The zero-order chi connectivity index (χ0) is 16.1. The number of benzene rings is 1. The molecule has 5 heteroatoms. The fraction of sp³-hybridized carbons (Fsp3) is 0.278. The van der Waals surface area contributed by atoms with E-state index in [0.29, 0.717) is 18.8 Å². The molecule has 0 radical (unpaired) electrons. The van der Waals surface area contributed by atoms with E-state index in [-0.39, 0.29) is 11.8 Å². The lowest BCUT2D eigenvalue weighted by Crippen LogP contribution is -2.19. The SMILES string of the molecule is N#CN1CCC(CC(=O)Nc2ccc(-c3ccccc3)cn2)C1. The molecule has 1 amide bonds. The number of nitrogens with one attached hydrogen (secondary N) is 1. The summed E-state index contributed by atoms with van der Waals surface area (Å²) >= 11 is 0. The van der Waals surface area contributed by atoms with Crippen LogP contribution < -0.4 is 5.32 Å². The first-order chi connectivity index (χ1) is 11.2. The summed E-state index contributed by atoms with van der Waals surface area (Å²) in [5, 5.41) is 11.7. The number of hydrogen-bond acceptors (Lipinski definition) is 4. The molecule has 5 nitrogen and oxygen atoms in total. The molecule has 1 saturated heterocycles. The predicted octanol–water partition coefficient (Wildman–Crippen LogP) is 2.88. The third-order valence-electron chi connectivity index (χ3n) is 4.04. The lowest BCUT2D eigenvalue weighted by Gasteiger charge is -2.10. The summed E-state index contributed by atoms with van der Waals surface area (Å²) in [6.07, 6.45) is 5.21. The molecule has 0 saturated carbocycles. The van der Waals surface area contributed by atoms with Crippen molar-refractivity contribution < 1.29 is 4.79 Å². The van der Waals surface area contributed by atoms with Gasteiger partial charge in [-0.05, 0) is 30.0 Å². The third-order valence-corrected chi connectivity index (χ3v) is 4.04. The van der Waals surface area contributed by atoms with Crippen LogP contribution in [0.4, 0.5) is 5.82 Å². The number of amides is 1. The molecule has 0 bridgehead atoms. The maximum atomic E-state index is 12.1. The Morgan fingerprint density at radius 2 is 2.09 bits per heavy atom. The number of hydrogen-bond donors (Lipinski definition) is 1. The smallest absolute Gasteiger partial charge is 0.225 e. The normalized spacial score (nSPS) is 16.8. The Morgan fingerprint density at radius 1 is 1.26 bits per heavy atom. The number of nitriles is 1. The van der Waals surface area contributed by atoms with Crippen LogP contribution in [0.1, 0.15) is 12.8 Å². The molecular formula is C18H18N4O. The van der Waals surface area contributed by atoms with Crippen molar-refractivity contribution in [3.8, 4) is 17.3 Å². The van der Waals surface area contributed by atoms with Gasteiger partial charge < -0.3 is 10.2 Å². The zero-order valence-corrected chi connectivity index (χ0v) is 12.8. The summed E-state index contributed by atoms with van der Waals surface area (Å²) in [5.41, 5.74) is 2.12. The molecule has 2 heterocycles. The molecule has 1 atom stereocenters. The summed E-state index contributed by atoms with van der Waals surface area (Å²) in [5.74, 6) is 0.762. The van der Waals surface area contributed by atoms with Crippen molar-refractivity contribution >= 4 is 11.7 Å². The highest BCUT2D eigenvalue weighted by molar-refractivity contribution is 5.90. The Hall–Kier alpha value is -2.87. The summed E-state index contributed by atoms with van der Waals surface area (Å²) in [6.45, 7) is 1.42. The van der Waals surface area contributed by atoms with Crippen LogP contribution in [0, 0.1) is 17.4 Å². The quantitative estimate of drug-likeness (QED) is 0.882. The Labute approximate surface area is 135 Å². The third kappa shape index (κ3) is 3.86. The first-order valence-electron chi connectivity index (χ1n) is 7.70. The number of aromatic nitrogens is 1. The van der Waals surface area contributed by atoms with Crippen molar-refractivity contribution in [2.75, 3.05) is 18.4 Å². The topological polar surface area (TPSA) is 69.0 Å². The van der Waals surface area contributed by atoms with Gasteiger partial charge in [-0.3, -0.25) is 4.79 Å². The lowest BCUT2D eigenvalue weighted by atomic mass is 10.0. The molecule has 0 aliphatic carbocycles. The Morgan fingerprint density at radius 3 is 2.74 bits per heavy atom. The first kappa shape index (κ1) is 15.0. The van der Waals surface area contributed by atoms with Gasteiger partial charge in [0.1, 0.15) is 5.82 Å². The van der Waals surface area contributed by atoms with Gasteiger partial charge in [-0.1, -0.05) is 30.3 Å². The summed E-state index contributed by atoms with van der Waals surface area (Å²) < 4.78 is 0. The molecule has 1 aromatic carbocycles. The molecular weight excluding hydrogens is 288 g/mol. The van der Waals surface area contributed by atoms with Crippen LogP contribution in [0.2, 0.25) is 0 Å². The number of carbonyl (C=O) groups is 1. The largest absolute Gasteiger partial charge is 0.311 e. The monoisotopic (exact) mass is 306 g/mol. The first-order valence-corrected chi connectivity index (χ1v) is 7.70. The van der Waals surface area contributed by atoms with E-state index in [2.05, 4.69) is 16.5 Å². The van der Waals surface area contributed by atoms with E-state index in [0.717, 1.165) is 24.1 Å². The highest BCUT2D eigenvalue weighted by Crippen LogP contribution is 2.21. The van der Waals surface area contributed by atoms with Gasteiger partial charge in [0, 0.05) is 31.3 Å². The number of carbonyl (C=O) groups excluding carboxylic acids is 1. The molecule has 1 N–H and O–H groups in total. The Bertz CT molecular complexity index is 706. The van der Waals surface area contributed by atoms with E-state index >= 15 is 0 Å². The minimum atomic E-state index is -0.0465. The minimum Gasteiger partial charge on any atom is -0.311 e. The van der Waals surface area contributed by atoms with Crippen molar-refractivity contribution in [3.63, 3.8) is 0 Å². The molecule has 1 unspecified atom stereocenters. The van der Waals surface area contributed by atoms with E-state index < -0.39 is 0 Å². The van der Waals surface area contributed by atoms with Crippen LogP contribution >= 0.6 is 0 Å². The van der Waals surface area contributed by atoms with Crippen molar-refractivity contribution in [2.24, 2.45) is 5.92 Å². The van der Waals surface area contributed by atoms with Crippen molar-refractivity contribution in [1.29, 1.82) is 5.26 Å². The number of nitrogens with zero attached hydrogens (tertiary/aromatic N) is 3. The van der Waals surface area contributed by atoms with Crippen LogP contribution in [0.25, 0.3) is 11.1 Å². The van der Waals surface area contributed by atoms with Gasteiger partial charge in [-0.2, -0.15) is 5.26 Å². The number of likely N-dealkylation sites (tertiary alicyclic amines) is 1. The molecule has 1 fully saturated rings. The second kappa shape index (κ2) is 6.93. The molecule has 23 heavy (non-hydrogen) atoms. The van der Waals surface area contributed by atoms with E-state index in [1.54, 1.807) is 11.1 Å².